The third-order valence-electron chi connectivity index (χ3n) is 10.2. The average molecular weight is 665 g/mol. The third-order valence-corrected chi connectivity index (χ3v) is 11.4. The summed E-state index contributed by atoms with van der Waals surface area (Å²) in [5.41, 5.74) is 10.4. The van der Waals surface area contributed by atoms with Crippen molar-refractivity contribution in [1.82, 2.24) is 24.9 Å². The highest BCUT2D eigenvalue weighted by molar-refractivity contribution is 7.95. The molecule has 0 saturated carbocycles. The molecule has 2 bridgehead atoms. The highest BCUT2D eigenvalue weighted by atomic mass is 32.2. The number of carbonyl (C=O) groups is 1. The molecule has 2 atom stereocenters. The van der Waals surface area contributed by atoms with Crippen molar-refractivity contribution in [2.75, 3.05) is 18.5 Å². The molecule has 1 amide bonds. The lowest BCUT2D eigenvalue weighted by Gasteiger charge is -2.39. The number of halogens is 2. The number of nitrogens with one attached hydrogen (secondary N) is 2. The minimum atomic E-state index is -3.77. The molecule has 4 N–H and O–H groups in total. The van der Waals surface area contributed by atoms with E-state index in [9.17, 15) is 22.0 Å². The van der Waals surface area contributed by atoms with Crippen LogP contribution in [0, 0.1) is 11.3 Å². The minimum absolute atomic E-state index is 0.0322. The molecule has 14 heteroatoms. The van der Waals surface area contributed by atoms with Gasteiger partial charge < -0.3 is 10.6 Å². The molecule has 11 nitrogen and oxygen atoms in total. The molecular formula is C33H38F2N8O3S. The molecule has 0 radical (unpaired) electrons. The number of aromatic nitrogens is 4. The first-order valence-electron chi connectivity index (χ1n) is 16.2. The molecule has 2 saturated heterocycles. The molecule has 0 aromatic carbocycles. The third kappa shape index (κ3) is 5.92. The number of hydrogen-bond acceptors (Lipinski definition) is 8. The molecule has 2 aromatic heterocycles. The Bertz CT molecular complexity index is 1920. The van der Waals surface area contributed by atoms with Gasteiger partial charge in [-0.1, -0.05) is 6.08 Å². The summed E-state index contributed by atoms with van der Waals surface area (Å²) in [7, 11) is -3.77. The number of hydrogen-bond donors (Lipinski definition) is 3. The monoisotopic (exact) mass is 664 g/mol. The normalized spacial score (nSPS) is 25.3. The zero-order valence-electron chi connectivity index (χ0n) is 26.2. The van der Waals surface area contributed by atoms with Crippen LogP contribution in [0.3, 0.4) is 0 Å². The number of nitrogen functional groups attached to an aromatic ring is 1. The van der Waals surface area contributed by atoms with Gasteiger partial charge in [0, 0.05) is 60.2 Å². The lowest BCUT2D eigenvalue weighted by Crippen LogP contribution is -2.46. The van der Waals surface area contributed by atoms with Crippen molar-refractivity contribution < 1.29 is 22.0 Å². The highest BCUT2D eigenvalue weighted by Gasteiger charge is 2.44. The van der Waals surface area contributed by atoms with Crippen molar-refractivity contribution in [3.63, 3.8) is 0 Å². The van der Waals surface area contributed by atoms with Gasteiger partial charge in [0.15, 0.2) is 15.7 Å². The topological polar surface area (TPSA) is 163 Å². The summed E-state index contributed by atoms with van der Waals surface area (Å²) in [6.45, 7) is 0.293. The van der Waals surface area contributed by atoms with Gasteiger partial charge in [0.25, 0.3) is 5.91 Å². The molecule has 2 unspecified atom stereocenters. The molecule has 6 heterocycles. The van der Waals surface area contributed by atoms with E-state index in [1.54, 1.807) is 12.3 Å². The number of piperidine rings is 1. The second-order valence-electron chi connectivity index (χ2n) is 13.3. The van der Waals surface area contributed by atoms with Crippen LogP contribution in [0.25, 0.3) is 5.57 Å². The van der Waals surface area contributed by atoms with Gasteiger partial charge in [-0.25, -0.2) is 21.9 Å². The first-order chi connectivity index (χ1) is 22.5. The molecule has 0 spiro atoms. The number of aromatic amines is 1. The van der Waals surface area contributed by atoms with Crippen molar-refractivity contribution in [3.05, 3.63) is 69.1 Å². The van der Waals surface area contributed by atoms with E-state index in [0.29, 0.717) is 55.6 Å². The standard InChI is InChI=1S/C33H38F2N8O3S/c1-47(45,46)31-19(11-18-12-22-7-8-23(13-18)42(22)33(44)28-15-30(36)41-40-28)3-2-4-29-25(17-39-43(29)32(31)37)20-5-10-27(38-16-20)24-9-6-21(34)14-26(24)35/h5,14-15,17-18,22-23,37H,2-4,6-13,16H2,1H3,(H3,36,40,41). The fourth-order valence-electron chi connectivity index (χ4n) is 8.16. The van der Waals surface area contributed by atoms with E-state index >= 15 is 0 Å². The predicted molar refractivity (Wildman–Crippen MR) is 175 cm³/mol. The minimum Gasteiger partial charge on any atom is -0.382 e. The first-order valence-corrected chi connectivity index (χ1v) is 18.1. The Hall–Kier alpha value is -4.20. The fraction of sp³-hybridized carbons (Fsp3) is 0.485. The Morgan fingerprint density at radius 1 is 1.15 bits per heavy atom. The van der Waals surface area contributed by atoms with Crippen LogP contribution in [-0.2, 0) is 16.3 Å². The van der Waals surface area contributed by atoms with Crippen molar-refractivity contribution in [2.45, 2.75) is 82.7 Å². The largest absolute Gasteiger partial charge is 0.382 e. The van der Waals surface area contributed by atoms with Crippen LogP contribution in [0.1, 0.15) is 86.0 Å². The number of anilines is 1. The summed E-state index contributed by atoms with van der Waals surface area (Å²) in [5, 5.41) is 20.3. The Morgan fingerprint density at radius 2 is 1.91 bits per heavy atom. The number of sulfone groups is 1. The number of carbonyl (C=O) groups excluding carboxylic acids is 1. The second kappa shape index (κ2) is 12.1. The molecule has 2 fully saturated rings. The van der Waals surface area contributed by atoms with Crippen molar-refractivity contribution >= 4 is 38.7 Å². The van der Waals surface area contributed by atoms with Crippen molar-refractivity contribution in [1.29, 1.82) is 5.41 Å². The molecule has 2 aromatic rings. The Kier molecular flexibility index (Phi) is 8.09. The zero-order valence-corrected chi connectivity index (χ0v) is 27.0. The SMILES string of the molecule is CS(=O)(=O)C1=C(CC2CC3CCC(C2)N3C(=O)c2cc(N)n[nH]2)CCCc2c(C3=CCC(C4=C(F)C=C(F)CC4)=NC3)cnn2C1=N. The van der Waals surface area contributed by atoms with Crippen LogP contribution in [0.2, 0.25) is 0 Å². The van der Waals surface area contributed by atoms with Crippen LogP contribution in [0.4, 0.5) is 14.6 Å². The molecule has 248 valence electrons. The zero-order chi connectivity index (χ0) is 33.0. The summed E-state index contributed by atoms with van der Waals surface area (Å²) in [5.74, 6) is -0.839. The van der Waals surface area contributed by atoms with Gasteiger partial charge >= 0.3 is 0 Å². The van der Waals surface area contributed by atoms with Crippen LogP contribution >= 0.6 is 0 Å². The average Bonchev–Trinajstić information content (AvgIpc) is 3.71. The van der Waals surface area contributed by atoms with E-state index in [2.05, 4.69) is 20.3 Å². The lowest BCUT2D eigenvalue weighted by molar-refractivity contribution is 0.0518. The lowest BCUT2D eigenvalue weighted by atomic mass is 9.83. The van der Waals surface area contributed by atoms with E-state index < -0.39 is 21.5 Å². The summed E-state index contributed by atoms with van der Waals surface area (Å²) in [6, 6.07) is 1.67. The van der Waals surface area contributed by atoms with Crippen LogP contribution in [0.5, 0.6) is 0 Å². The predicted octanol–water partition coefficient (Wildman–Crippen LogP) is 5.22. The maximum absolute atomic E-state index is 14.4. The maximum Gasteiger partial charge on any atom is 0.272 e. The van der Waals surface area contributed by atoms with E-state index in [1.165, 1.54) is 4.68 Å². The molecule has 5 aliphatic rings. The fourth-order valence-corrected chi connectivity index (χ4v) is 9.31. The number of nitrogens with two attached hydrogens (primary N) is 1. The smallest absolute Gasteiger partial charge is 0.272 e. The van der Waals surface area contributed by atoms with Crippen LogP contribution in [0.15, 0.2) is 57.1 Å². The van der Waals surface area contributed by atoms with E-state index in [-0.39, 0.29) is 53.3 Å². The van der Waals surface area contributed by atoms with Gasteiger partial charge in [0.05, 0.1) is 18.4 Å². The molecule has 7 rings (SSSR count). The van der Waals surface area contributed by atoms with Crippen LogP contribution < -0.4 is 5.73 Å². The van der Waals surface area contributed by atoms with E-state index in [1.807, 2.05) is 11.0 Å². The summed E-state index contributed by atoms with van der Waals surface area (Å²) >= 11 is 0. The van der Waals surface area contributed by atoms with Gasteiger partial charge in [0.1, 0.15) is 28.1 Å². The van der Waals surface area contributed by atoms with Crippen molar-refractivity contribution in [2.24, 2.45) is 10.9 Å². The quantitative estimate of drug-likeness (QED) is 0.383. The number of allylic oxidation sites excluding steroid dienone is 7. The number of nitrogens with zero attached hydrogens (tertiary/aromatic N) is 5. The van der Waals surface area contributed by atoms with Gasteiger partial charge in [-0.05, 0) is 74.9 Å². The molecular weight excluding hydrogens is 626 g/mol. The number of amides is 1. The summed E-state index contributed by atoms with van der Waals surface area (Å²) in [4.78, 5) is 19.9. The summed E-state index contributed by atoms with van der Waals surface area (Å²) < 4.78 is 56.0. The van der Waals surface area contributed by atoms with Gasteiger partial charge in [0.2, 0.25) is 0 Å². The van der Waals surface area contributed by atoms with Crippen LogP contribution in [-0.4, -0.2) is 75.6 Å². The highest BCUT2D eigenvalue weighted by Crippen LogP contribution is 2.43. The molecule has 4 aliphatic heterocycles. The van der Waals surface area contributed by atoms with Gasteiger partial charge in [-0.15, -0.1) is 0 Å². The van der Waals surface area contributed by atoms with E-state index in [0.717, 1.165) is 60.4 Å². The molecule has 1 aliphatic carbocycles. The number of fused-ring (bicyclic) bond motifs is 3. The Labute approximate surface area is 271 Å². The second-order valence-corrected chi connectivity index (χ2v) is 15.2. The number of aliphatic imine (C=N–C) groups is 1. The van der Waals surface area contributed by atoms with E-state index in [4.69, 9.17) is 11.1 Å². The number of rotatable bonds is 6. The summed E-state index contributed by atoms with van der Waals surface area (Å²) in [6.07, 6.45) is 12.3. The first kappa shape index (κ1) is 31.4. The van der Waals surface area contributed by atoms with Gasteiger partial charge in [-0.2, -0.15) is 10.2 Å². The Balaban J connectivity index is 1.11. The number of H-pyrrole nitrogens is 1. The number of dihydropyridines is 1. The molecule has 47 heavy (non-hydrogen) atoms. The Morgan fingerprint density at radius 3 is 2.55 bits per heavy atom. The maximum atomic E-state index is 14.4. The van der Waals surface area contributed by atoms with Gasteiger partial charge in [-0.3, -0.25) is 20.3 Å². The van der Waals surface area contributed by atoms with Crippen molar-refractivity contribution in [3.8, 4) is 0 Å².